The molecule has 0 amide bonds. The van der Waals surface area contributed by atoms with Crippen LogP contribution in [0, 0.1) is 13.8 Å². The topological polar surface area (TPSA) is 29.9 Å². The Kier molecular flexibility index (Phi) is 3.46. The van der Waals surface area contributed by atoms with Crippen molar-refractivity contribution in [2.75, 3.05) is 13.1 Å². The van der Waals surface area contributed by atoms with Crippen molar-refractivity contribution in [3.05, 3.63) is 40.1 Å². The minimum atomic E-state index is 0.502. The van der Waals surface area contributed by atoms with Crippen LogP contribution in [0.4, 0.5) is 0 Å². The molecule has 0 saturated carbocycles. The fourth-order valence-electron chi connectivity index (χ4n) is 2.68. The van der Waals surface area contributed by atoms with Crippen molar-refractivity contribution in [2.45, 2.75) is 26.3 Å². The molecule has 3 nitrogen and oxygen atoms in total. The molecule has 1 aliphatic heterocycles. The van der Waals surface area contributed by atoms with Crippen LogP contribution in [-0.4, -0.2) is 22.9 Å². The fourth-order valence-corrected chi connectivity index (χ4v) is 3.06. The molecule has 1 saturated heterocycles. The largest absolute Gasteiger partial charge is 0.315 e. The number of rotatable bonds is 2. The maximum absolute atomic E-state index is 4.59. The van der Waals surface area contributed by atoms with Gasteiger partial charge in [-0.2, -0.15) is 5.10 Å². The maximum Gasteiger partial charge on any atom is 0.0658 e. The zero-order valence-electron chi connectivity index (χ0n) is 11.3. The summed E-state index contributed by atoms with van der Waals surface area (Å²) in [5.41, 5.74) is 4.97. The monoisotopic (exact) mass is 319 g/mol. The van der Waals surface area contributed by atoms with Gasteiger partial charge in [-0.15, -0.1) is 0 Å². The first-order valence-corrected chi connectivity index (χ1v) is 7.47. The lowest BCUT2D eigenvalue weighted by Crippen LogP contribution is -2.15. The van der Waals surface area contributed by atoms with Crippen LogP contribution in [0.3, 0.4) is 0 Å². The van der Waals surface area contributed by atoms with Crippen LogP contribution >= 0.6 is 15.9 Å². The zero-order valence-corrected chi connectivity index (χ0v) is 12.9. The number of aromatic nitrogens is 2. The molecule has 1 aromatic heterocycles. The minimum Gasteiger partial charge on any atom is -0.315 e. The van der Waals surface area contributed by atoms with Gasteiger partial charge in [0, 0.05) is 22.3 Å². The summed E-state index contributed by atoms with van der Waals surface area (Å²) in [7, 11) is 0. The summed E-state index contributed by atoms with van der Waals surface area (Å²) < 4.78 is 3.32. The lowest BCUT2D eigenvalue weighted by molar-refractivity contribution is 0.480. The van der Waals surface area contributed by atoms with E-state index >= 15 is 0 Å². The van der Waals surface area contributed by atoms with Crippen LogP contribution in [0.1, 0.15) is 23.7 Å². The first kappa shape index (κ1) is 12.9. The first-order valence-electron chi connectivity index (χ1n) is 6.68. The number of hydrogen-bond acceptors (Lipinski definition) is 2. The number of nitrogens with one attached hydrogen (secondary N) is 1. The molecule has 19 heavy (non-hydrogen) atoms. The molecule has 0 aliphatic carbocycles. The van der Waals surface area contributed by atoms with Gasteiger partial charge < -0.3 is 5.32 Å². The number of hydrogen-bond donors (Lipinski definition) is 1. The normalized spacial score (nSPS) is 19.0. The Morgan fingerprint density at radius 3 is 2.89 bits per heavy atom. The average molecular weight is 320 g/mol. The van der Waals surface area contributed by atoms with Crippen LogP contribution in [-0.2, 0) is 0 Å². The molecule has 4 heteroatoms. The minimum absolute atomic E-state index is 0.502. The van der Waals surface area contributed by atoms with Gasteiger partial charge in [0.1, 0.15) is 0 Å². The second kappa shape index (κ2) is 5.10. The van der Waals surface area contributed by atoms with Crippen LogP contribution in [0.5, 0.6) is 0 Å². The predicted octanol–water partition coefficient (Wildman–Crippen LogP) is 3.46. The molecule has 1 unspecified atom stereocenters. The van der Waals surface area contributed by atoms with E-state index in [4.69, 9.17) is 0 Å². The number of benzene rings is 1. The number of halogens is 1. The molecule has 1 fully saturated rings. The lowest BCUT2D eigenvalue weighted by atomic mass is 10.1. The standard InChI is InChI=1S/C15H18BrN3/c1-10-3-4-12(7-15(10)16)14-9-18-19(11(14)2)13-5-6-17-8-13/h3-4,7,9,13,17H,5-6,8H2,1-2H3. The van der Waals surface area contributed by atoms with Crippen molar-refractivity contribution in [1.82, 2.24) is 15.1 Å². The number of nitrogens with zero attached hydrogens (tertiary/aromatic N) is 2. The lowest BCUT2D eigenvalue weighted by Gasteiger charge is -2.12. The Bertz CT molecular complexity index is 597. The number of aryl methyl sites for hydroxylation is 1. The van der Waals surface area contributed by atoms with E-state index in [-0.39, 0.29) is 0 Å². The summed E-state index contributed by atoms with van der Waals surface area (Å²) in [6.07, 6.45) is 3.16. The molecule has 0 spiro atoms. The molecule has 0 bridgehead atoms. The second-order valence-electron chi connectivity index (χ2n) is 5.20. The van der Waals surface area contributed by atoms with E-state index in [0.29, 0.717) is 6.04 Å². The average Bonchev–Trinajstić information content (AvgIpc) is 3.02. The second-order valence-corrected chi connectivity index (χ2v) is 6.05. The molecule has 1 aliphatic rings. The van der Waals surface area contributed by atoms with Crippen LogP contribution < -0.4 is 5.32 Å². The van der Waals surface area contributed by atoms with E-state index in [9.17, 15) is 0 Å². The predicted molar refractivity (Wildman–Crippen MR) is 81.4 cm³/mol. The van der Waals surface area contributed by atoms with Crippen LogP contribution in [0.2, 0.25) is 0 Å². The SMILES string of the molecule is Cc1ccc(-c2cnn(C3CCNC3)c2C)cc1Br. The van der Waals surface area contributed by atoms with Crippen molar-refractivity contribution >= 4 is 15.9 Å². The molecule has 2 aromatic rings. The van der Waals surface area contributed by atoms with E-state index in [1.807, 2.05) is 6.20 Å². The maximum atomic E-state index is 4.59. The highest BCUT2D eigenvalue weighted by Crippen LogP contribution is 2.29. The van der Waals surface area contributed by atoms with Crippen molar-refractivity contribution in [3.63, 3.8) is 0 Å². The van der Waals surface area contributed by atoms with Gasteiger partial charge in [0.25, 0.3) is 0 Å². The van der Waals surface area contributed by atoms with Gasteiger partial charge >= 0.3 is 0 Å². The third kappa shape index (κ3) is 2.35. The fraction of sp³-hybridized carbons (Fsp3) is 0.400. The summed E-state index contributed by atoms with van der Waals surface area (Å²) in [5.74, 6) is 0. The van der Waals surface area contributed by atoms with Crippen molar-refractivity contribution in [1.29, 1.82) is 0 Å². The Balaban J connectivity index is 1.99. The zero-order chi connectivity index (χ0) is 13.4. The van der Waals surface area contributed by atoms with Gasteiger partial charge in [0.05, 0.1) is 12.2 Å². The van der Waals surface area contributed by atoms with Gasteiger partial charge in [-0.3, -0.25) is 4.68 Å². The van der Waals surface area contributed by atoms with Gasteiger partial charge in [-0.1, -0.05) is 28.1 Å². The summed E-state index contributed by atoms with van der Waals surface area (Å²) in [5, 5.41) is 7.98. The summed E-state index contributed by atoms with van der Waals surface area (Å²) >= 11 is 3.60. The highest BCUT2D eigenvalue weighted by atomic mass is 79.9. The first-order chi connectivity index (χ1) is 9.16. The van der Waals surface area contributed by atoms with Crippen molar-refractivity contribution < 1.29 is 0 Å². The smallest absolute Gasteiger partial charge is 0.0658 e. The van der Waals surface area contributed by atoms with E-state index in [2.05, 4.69) is 63.1 Å². The molecule has 1 N–H and O–H groups in total. The van der Waals surface area contributed by atoms with Crippen LogP contribution in [0.25, 0.3) is 11.1 Å². The van der Waals surface area contributed by atoms with E-state index in [1.54, 1.807) is 0 Å². The van der Waals surface area contributed by atoms with Crippen molar-refractivity contribution in [2.24, 2.45) is 0 Å². The van der Waals surface area contributed by atoms with Crippen molar-refractivity contribution in [3.8, 4) is 11.1 Å². The van der Waals surface area contributed by atoms with Gasteiger partial charge in [0.2, 0.25) is 0 Å². The summed E-state index contributed by atoms with van der Waals surface area (Å²) in [4.78, 5) is 0. The highest BCUT2D eigenvalue weighted by Gasteiger charge is 2.20. The Morgan fingerprint density at radius 1 is 1.37 bits per heavy atom. The highest BCUT2D eigenvalue weighted by molar-refractivity contribution is 9.10. The van der Waals surface area contributed by atoms with Gasteiger partial charge in [-0.05, 0) is 44.0 Å². The molecule has 2 heterocycles. The third-order valence-electron chi connectivity index (χ3n) is 3.91. The molecule has 3 rings (SSSR count). The van der Waals surface area contributed by atoms with E-state index in [0.717, 1.165) is 17.6 Å². The molecule has 1 atom stereocenters. The summed E-state index contributed by atoms with van der Waals surface area (Å²) in [6.45, 7) is 6.39. The van der Waals surface area contributed by atoms with Gasteiger partial charge in [-0.25, -0.2) is 0 Å². The third-order valence-corrected chi connectivity index (χ3v) is 4.76. The molecular weight excluding hydrogens is 302 g/mol. The summed E-state index contributed by atoms with van der Waals surface area (Å²) in [6, 6.07) is 6.99. The molecule has 100 valence electrons. The quantitative estimate of drug-likeness (QED) is 0.918. The molecule has 0 radical (unpaired) electrons. The Labute approximate surface area is 122 Å². The van der Waals surface area contributed by atoms with Crippen LogP contribution in [0.15, 0.2) is 28.9 Å². The Morgan fingerprint density at radius 2 is 2.21 bits per heavy atom. The molecule has 1 aromatic carbocycles. The Hall–Kier alpha value is -1.13. The molecular formula is C15H18BrN3. The van der Waals surface area contributed by atoms with E-state index in [1.165, 1.54) is 28.8 Å². The van der Waals surface area contributed by atoms with Gasteiger partial charge in [0.15, 0.2) is 0 Å². The van der Waals surface area contributed by atoms with E-state index < -0.39 is 0 Å².